The highest BCUT2D eigenvalue weighted by Crippen LogP contribution is 2.22. The van der Waals surface area contributed by atoms with Crippen molar-refractivity contribution in [2.24, 2.45) is 0 Å². The van der Waals surface area contributed by atoms with Gasteiger partial charge in [0.05, 0.1) is 23.4 Å². The standard InChI is InChI=1S/C12H20N4O4S2/c1-15(2)22(19,20)14-10-4-5-12(13-8-10)16(3)11-6-7-21(17,18)9-11/h4-5,8,11,14H,6-7,9H2,1-3H3. The van der Waals surface area contributed by atoms with Gasteiger partial charge in [-0.25, -0.2) is 13.4 Å². The average Bonchev–Trinajstić information content (AvgIpc) is 2.78. The smallest absolute Gasteiger partial charge is 0.301 e. The molecule has 22 heavy (non-hydrogen) atoms. The van der Waals surface area contributed by atoms with Crippen LogP contribution in [-0.2, 0) is 20.0 Å². The molecule has 1 aromatic heterocycles. The third-order valence-electron chi connectivity index (χ3n) is 3.59. The summed E-state index contributed by atoms with van der Waals surface area (Å²) in [4.78, 5) is 6.01. The Kier molecular flexibility index (Phi) is 4.64. The van der Waals surface area contributed by atoms with Gasteiger partial charge in [0.15, 0.2) is 9.84 Å². The Morgan fingerprint density at radius 1 is 1.27 bits per heavy atom. The van der Waals surface area contributed by atoms with Gasteiger partial charge >= 0.3 is 10.2 Å². The second-order valence-corrected chi connectivity index (χ2v) is 9.58. The molecule has 0 radical (unpaired) electrons. The number of aromatic nitrogens is 1. The van der Waals surface area contributed by atoms with Crippen LogP contribution >= 0.6 is 0 Å². The molecule has 0 saturated carbocycles. The van der Waals surface area contributed by atoms with Gasteiger partial charge in [-0.15, -0.1) is 0 Å². The summed E-state index contributed by atoms with van der Waals surface area (Å²) in [6.45, 7) is 0. The van der Waals surface area contributed by atoms with Gasteiger partial charge in [0.25, 0.3) is 0 Å². The Bertz CT molecular complexity index is 729. The molecule has 1 aromatic rings. The minimum absolute atomic E-state index is 0.0955. The van der Waals surface area contributed by atoms with Crippen molar-refractivity contribution in [2.75, 3.05) is 42.3 Å². The van der Waals surface area contributed by atoms with E-state index in [9.17, 15) is 16.8 Å². The Hall–Kier alpha value is -1.39. The largest absolute Gasteiger partial charge is 0.356 e. The van der Waals surface area contributed by atoms with E-state index in [1.54, 1.807) is 19.2 Å². The summed E-state index contributed by atoms with van der Waals surface area (Å²) in [6.07, 6.45) is 1.99. The molecule has 1 aliphatic rings. The van der Waals surface area contributed by atoms with Crippen LogP contribution in [0.5, 0.6) is 0 Å². The Morgan fingerprint density at radius 2 is 1.95 bits per heavy atom. The molecule has 1 unspecified atom stereocenters. The van der Waals surface area contributed by atoms with E-state index in [0.29, 0.717) is 17.9 Å². The zero-order valence-electron chi connectivity index (χ0n) is 12.7. The number of rotatable bonds is 5. The van der Waals surface area contributed by atoms with E-state index in [-0.39, 0.29) is 17.5 Å². The fraction of sp³-hybridized carbons (Fsp3) is 0.583. The highest BCUT2D eigenvalue weighted by molar-refractivity contribution is 7.91. The van der Waals surface area contributed by atoms with Crippen LogP contribution in [0.3, 0.4) is 0 Å². The number of sulfone groups is 1. The van der Waals surface area contributed by atoms with Crippen LogP contribution in [0.2, 0.25) is 0 Å². The molecular formula is C12H20N4O4S2. The molecule has 1 saturated heterocycles. The lowest BCUT2D eigenvalue weighted by Gasteiger charge is -2.24. The zero-order chi connectivity index (χ0) is 16.5. The Morgan fingerprint density at radius 3 is 2.41 bits per heavy atom. The molecule has 0 spiro atoms. The van der Waals surface area contributed by atoms with E-state index in [2.05, 4.69) is 9.71 Å². The van der Waals surface area contributed by atoms with Crippen LogP contribution in [0.15, 0.2) is 18.3 Å². The minimum Gasteiger partial charge on any atom is -0.356 e. The molecule has 2 rings (SSSR count). The van der Waals surface area contributed by atoms with Gasteiger partial charge in [-0.1, -0.05) is 0 Å². The van der Waals surface area contributed by atoms with Crippen LogP contribution in [-0.4, -0.2) is 64.8 Å². The maximum Gasteiger partial charge on any atom is 0.301 e. The maximum atomic E-state index is 11.7. The summed E-state index contributed by atoms with van der Waals surface area (Å²) in [7, 11) is -1.87. The molecular weight excluding hydrogens is 328 g/mol. The van der Waals surface area contributed by atoms with Crippen molar-refractivity contribution in [3.8, 4) is 0 Å². The molecule has 0 aromatic carbocycles. The summed E-state index contributed by atoms with van der Waals surface area (Å²) in [5, 5.41) is 0. The van der Waals surface area contributed by atoms with Crippen molar-refractivity contribution in [3.63, 3.8) is 0 Å². The van der Waals surface area contributed by atoms with Crippen molar-refractivity contribution in [1.29, 1.82) is 0 Å². The van der Waals surface area contributed by atoms with E-state index >= 15 is 0 Å². The second-order valence-electron chi connectivity index (χ2n) is 5.46. The average molecular weight is 348 g/mol. The topological polar surface area (TPSA) is 99.7 Å². The van der Waals surface area contributed by atoms with Crippen molar-refractivity contribution >= 4 is 31.6 Å². The quantitative estimate of drug-likeness (QED) is 0.799. The number of pyridine rings is 1. The molecule has 2 heterocycles. The highest BCUT2D eigenvalue weighted by Gasteiger charge is 2.31. The fourth-order valence-corrected chi connectivity index (χ4v) is 4.54. The number of anilines is 2. The molecule has 10 heteroatoms. The monoisotopic (exact) mass is 348 g/mol. The molecule has 0 bridgehead atoms. The van der Waals surface area contributed by atoms with Crippen molar-refractivity contribution in [2.45, 2.75) is 12.5 Å². The van der Waals surface area contributed by atoms with Crippen LogP contribution in [0.25, 0.3) is 0 Å². The first-order valence-electron chi connectivity index (χ1n) is 6.70. The molecule has 0 amide bonds. The summed E-state index contributed by atoms with van der Waals surface area (Å²) >= 11 is 0. The first-order chi connectivity index (χ1) is 10.1. The third kappa shape index (κ3) is 3.87. The number of hydrogen-bond acceptors (Lipinski definition) is 6. The van der Waals surface area contributed by atoms with Crippen molar-refractivity contribution in [1.82, 2.24) is 9.29 Å². The molecule has 8 nitrogen and oxygen atoms in total. The highest BCUT2D eigenvalue weighted by atomic mass is 32.2. The van der Waals surface area contributed by atoms with E-state index < -0.39 is 20.0 Å². The van der Waals surface area contributed by atoms with Gasteiger partial charge in [0, 0.05) is 27.2 Å². The third-order valence-corrected chi connectivity index (χ3v) is 6.80. The number of nitrogens with zero attached hydrogens (tertiary/aromatic N) is 3. The Balaban J connectivity index is 2.09. The lowest BCUT2D eigenvalue weighted by Crippen LogP contribution is -2.33. The van der Waals surface area contributed by atoms with Crippen LogP contribution in [0.4, 0.5) is 11.5 Å². The first kappa shape index (κ1) is 17.0. The molecule has 124 valence electrons. The fourth-order valence-electron chi connectivity index (χ4n) is 2.16. The predicted octanol–water partition coefficient (Wildman–Crippen LogP) is -0.0768. The van der Waals surface area contributed by atoms with E-state index in [1.165, 1.54) is 20.3 Å². The summed E-state index contributed by atoms with van der Waals surface area (Å²) in [5.74, 6) is 0.929. The first-order valence-corrected chi connectivity index (χ1v) is 9.96. The van der Waals surface area contributed by atoms with Crippen molar-refractivity contribution < 1.29 is 16.8 Å². The van der Waals surface area contributed by atoms with Gasteiger partial charge < -0.3 is 4.90 Å². The predicted molar refractivity (Wildman–Crippen MR) is 85.9 cm³/mol. The minimum atomic E-state index is -3.56. The Labute approximate surface area is 131 Å². The lowest BCUT2D eigenvalue weighted by atomic mass is 10.2. The summed E-state index contributed by atoms with van der Waals surface area (Å²) in [6, 6.07) is 3.17. The summed E-state index contributed by atoms with van der Waals surface area (Å²) in [5.41, 5.74) is 0.352. The summed E-state index contributed by atoms with van der Waals surface area (Å²) < 4.78 is 49.9. The molecule has 0 aliphatic carbocycles. The number of hydrogen-bond donors (Lipinski definition) is 1. The molecule has 1 N–H and O–H groups in total. The van der Waals surface area contributed by atoms with E-state index in [1.807, 2.05) is 4.90 Å². The van der Waals surface area contributed by atoms with Crippen LogP contribution in [0, 0.1) is 0 Å². The van der Waals surface area contributed by atoms with Gasteiger partial charge in [0.1, 0.15) is 5.82 Å². The van der Waals surface area contributed by atoms with Crippen LogP contribution < -0.4 is 9.62 Å². The van der Waals surface area contributed by atoms with Gasteiger partial charge in [-0.2, -0.15) is 12.7 Å². The molecule has 1 aliphatic heterocycles. The van der Waals surface area contributed by atoms with E-state index in [0.717, 1.165) is 4.31 Å². The van der Waals surface area contributed by atoms with Crippen molar-refractivity contribution in [3.05, 3.63) is 18.3 Å². The number of nitrogens with one attached hydrogen (secondary N) is 1. The SMILES string of the molecule is CN(c1ccc(NS(=O)(=O)N(C)C)cn1)C1CCS(=O)(=O)C1. The maximum absolute atomic E-state index is 11.7. The normalized spacial score (nSPS) is 21.0. The lowest BCUT2D eigenvalue weighted by molar-refractivity contribution is 0.527. The second kappa shape index (κ2) is 6.01. The molecule has 1 fully saturated rings. The van der Waals surface area contributed by atoms with Gasteiger partial charge in [-0.3, -0.25) is 4.72 Å². The zero-order valence-corrected chi connectivity index (χ0v) is 14.4. The van der Waals surface area contributed by atoms with E-state index in [4.69, 9.17) is 0 Å². The van der Waals surface area contributed by atoms with Crippen LogP contribution in [0.1, 0.15) is 6.42 Å². The molecule has 1 atom stereocenters. The van der Waals surface area contributed by atoms with Gasteiger partial charge in [-0.05, 0) is 18.6 Å². The van der Waals surface area contributed by atoms with Gasteiger partial charge in [0.2, 0.25) is 0 Å².